The number of likely N-dealkylation sites (N-methyl/N-ethyl adjacent to an activating group) is 1. The molecule has 0 spiro atoms. The maximum absolute atomic E-state index is 14.9. The van der Waals surface area contributed by atoms with Gasteiger partial charge >= 0.3 is 24.6 Å². The molecule has 1 unspecified atom stereocenters. The summed E-state index contributed by atoms with van der Waals surface area (Å²) in [6, 6.07) is 0.605. The molecule has 1 N–H and O–H groups in total. The van der Waals surface area contributed by atoms with Crippen LogP contribution in [0.25, 0.3) is 5.83 Å². The Hall–Kier alpha value is -3.07. The van der Waals surface area contributed by atoms with Crippen LogP contribution in [-0.2, 0) is 6.18 Å². The van der Waals surface area contributed by atoms with Crippen LogP contribution in [0.15, 0.2) is 36.4 Å². The number of nitrogens with zero attached hydrogens (tertiary/aromatic N) is 1. The molecule has 0 aliphatic rings. The van der Waals surface area contributed by atoms with E-state index in [9.17, 15) is 57.9 Å². The maximum atomic E-state index is 14.9. The average molecular weight is 631 g/mol. The van der Waals surface area contributed by atoms with Crippen molar-refractivity contribution >= 4 is 40.8 Å². The van der Waals surface area contributed by atoms with Gasteiger partial charge in [-0.1, -0.05) is 35.3 Å². The van der Waals surface area contributed by atoms with Gasteiger partial charge in [0.2, 0.25) is 0 Å². The fourth-order valence-electron chi connectivity index (χ4n) is 3.23. The van der Waals surface area contributed by atoms with E-state index >= 15 is 0 Å². The summed E-state index contributed by atoms with van der Waals surface area (Å²) in [5.41, 5.74) is -4.79. The summed E-state index contributed by atoms with van der Waals surface area (Å²) >= 11 is 11.0. The van der Waals surface area contributed by atoms with Crippen LogP contribution in [0.3, 0.4) is 0 Å². The molecule has 17 heteroatoms. The van der Waals surface area contributed by atoms with Gasteiger partial charge in [-0.05, 0) is 29.8 Å². The lowest BCUT2D eigenvalue weighted by Gasteiger charge is -2.20. The second kappa shape index (κ2) is 12.2. The Balaban J connectivity index is 2.45. The van der Waals surface area contributed by atoms with E-state index in [4.69, 9.17) is 23.2 Å². The lowest BCUT2D eigenvalue weighted by atomic mass is 9.95. The van der Waals surface area contributed by atoms with Crippen LogP contribution < -0.4 is 5.32 Å². The first-order chi connectivity index (χ1) is 18.1. The lowest BCUT2D eigenvalue weighted by molar-refractivity contribution is -0.140. The Morgan fingerprint density at radius 1 is 0.975 bits per heavy atom. The van der Waals surface area contributed by atoms with Crippen molar-refractivity contribution in [2.75, 3.05) is 20.1 Å². The Morgan fingerprint density at radius 3 is 2.00 bits per heavy atom. The van der Waals surface area contributed by atoms with Crippen molar-refractivity contribution in [1.82, 2.24) is 10.2 Å². The number of ketones is 1. The minimum Gasteiger partial charge on any atom is -0.329 e. The number of urea groups is 1. The third kappa shape index (κ3) is 8.71. The highest BCUT2D eigenvalue weighted by molar-refractivity contribution is 6.35. The van der Waals surface area contributed by atoms with E-state index in [1.54, 1.807) is 0 Å². The fraction of sp³-hybridized carbons (Fsp3) is 0.304. The predicted molar refractivity (Wildman–Crippen MR) is 122 cm³/mol. The molecule has 0 radical (unpaired) electrons. The van der Waals surface area contributed by atoms with Crippen LogP contribution >= 0.6 is 23.2 Å². The van der Waals surface area contributed by atoms with E-state index in [2.05, 4.69) is 0 Å². The Bertz CT molecular complexity index is 1280. The SMILES string of the molecule is CN(CC(=O)c1ccc(/C(F)=C/C(c2cc(Cl)c(F)c(Cl)c2)C(F)(F)F)cc1C(F)(F)F)C(=O)NCC(F)(F)F. The molecule has 1 atom stereocenters. The number of alkyl halides is 9. The van der Waals surface area contributed by atoms with Gasteiger partial charge in [0.1, 0.15) is 18.3 Å². The first kappa shape index (κ1) is 33.1. The van der Waals surface area contributed by atoms with Gasteiger partial charge < -0.3 is 10.2 Å². The van der Waals surface area contributed by atoms with Gasteiger partial charge in [-0.25, -0.2) is 13.6 Å². The quantitative estimate of drug-likeness (QED) is 0.190. The van der Waals surface area contributed by atoms with E-state index in [1.165, 1.54) is 5.32 Å². The minimum atomic E-state index is -5.35. The van der Waals surface area contributed by atoms with Crippen molar-refractivity contribution < 1.29 is 57.9 Å². The van der Waals surface area contributed by atoms with Crippen molar-refractivity contribution in [3.63, 3.8) is 0 Å². The number of carbonyl (C=O) groups excluding carboxylic acids is 2. The van der Waals surface area contributed by atoms with Crippen molar-refractivity contribution in [2.24, 2.45) is 0 Å². The molecule has 2 aromatic rings. The molecule has 2 amide bonds. The molecule has 40 heavy (non-hydrogen) atoms. The van der Waals surface area contributed by atoms with E-state index < -0.39 is 93.3 Å². The summed E-state index contributed by atoms with van der Waals surface area (Å²) in [5.74, 6) is -7.32. The zero-order chi connectivity index (χ0) is 30.8. The van der Waals surface area contributed by atoms with Crippen LogP contribution in [0.1, 0.15) is 33.0 Å². The third-order valence-corrected chi connectivity index (χ3v) is 5.65. The van der Waals surface area contributed by atoms with Crippen LogP contribution in [0.5, 0.6) is 0 Å². The molecule has 0 heterocycles. The van der Waals surface area contributed by atoms with Crippen molar-refractivity contribution in [3.05, 3.63) is 74.5 Å². The number of carbonyl (C=O) groups is 2. The molecule has 2 rings (SSSR count). The number of hydrogen-bond donors (Lipinski definition) is 1. The summed E-state index contributed by atoms with van der Waals surface area (Å²) in [5, 5.41) is -0.255. The van der Waals surface area contributed by atoms with Gasteiger partial charge in [0.05, 0.1) is 22.2 Å². The van der Waals surface area contributed by atoms with Gasteiger partial charge in [-0.2, -0.15) is 39.5 Å². The minimum absolute atomic E-state index is 0.0425. The highest BCUT2D eigenvalue weighted by Crippen LogP contribution is 2.41. The second-order valence-electron chi connectivity index (χ2n) is 8.14. The molecule has 2 aromatic carbocycles. The fourth-order valence-corrected chi connectivity index (χ4v) is 3.73. The number of hydrogen-bond acceptors (Lipinski definition) is 2. The molecule has 0 aliphatic heterocycles. The Kier molecular flexibility index (Phi) is 10.1. The van der Waals surface area contributed by atoms with Gasteiger partial charge in [0.15, 0.2) is 11.6 Å². The van der Waals surface area contributed by atoms with E-state index in [0.29, 0.717) is 29.2 Å². The van der Waals surface area contributed by atoms with E-state index in [-0.39, 0.29) is 12.1 Å². The normalized spacial score (nSPS) is 13.7. The van der Waals surface area contributed by atoms with Gasteiger partial charge in [0, 0.05) is 18.2 Å². The molecule has 0 bridgehead atoms. The topological polar surface area (TPSA) is 49.4 Å². The lowest BCUT2D eigenvalue weighted by Crippen LogP contribution is -2.43. The highest BCUT2D eigenvalue weighted by Gasteiger charge is 2.41. The summed E-state index contributed by atoms with van der Waals surface area (Å²) in [6.45, 7) is -2.92. The number of halogens is 13. The standard InChI is InChI=1S/C23H15Cl2F11N2O2/c1-38(20(40)37-9-21(28,29)30)8-18(39)12-3-2-10(4-14(12)23(34,35)36)17(26)7-13(22(31,32)33)11-5-15(24)19(27)16(25)6-11/h2-7,13H,8-9H2,1H3,(H,37,40)/b17-7-. The second-order valence-corrected chi connectivity index (χ2v) is 8.96. The van der Waals surface area contributed by atoms with Crippen molar-refractivity contribution in [3.8, 4) is 0 Å². The summed E-state index contributed by atoms with van der Waals surface area (Å²) in [6.07, 6.45) is -15.5. The van der Waals surface area contributed by atoms with E-state index in [0.717, 1.165) is 7.05 Å². The number of amides is 2. The molecular weight excluding hydrogens is 616 g/mol. The number of nitrogens with one attached hydrogen (secondary N) is 1. The van der Waals surface area contributed by atoms with Gasteiger partial charge in [-0.15, -0.1) is 0 Å². The molecular formula is C23H15Cl2F11N2O2. The molecule has 0 aliphatic carbocycles. The van der Waals surface area contributed by atoms with Crippen molar-refractivity contribution in [1.29, 1.82) is 0 Å². The maximum Gasteiger partial charge on any atom is 0.417 e. The molecule has 0 aromatic heterocycles. The van der Waals surface area contributed by atoms with Crippen LogP contribution in [0.4, 0.5) is 53.1 Å². The van der Waals surface area contributed by atoms with Gasteiger partial charge in [0.25, 0.3) is 0 Å². The molecule has 0 saturated heterocycles. The first-order valence-corrected chi connectivity index (χ1v) is 11.3. The predicted octanol–water partition coefficient (Wildman–Crippen LogP) is 8.19. The number of allylic oxidation sites excluding steroid dienone is 1. The summed E-state index contributed by atoms with van der Waals surface area (Å²) in [4.78, 5) is 24.5. The zero-order valence-corrected chi connectivity index (χ0v) is 21.1. The monoisotopic (exact) mass is 630 g/mol. The average Bonchev–Trinajstić information content (AvgIpc) is 2.81. The summed E-state index contributed by atoms with van der Waals surface area (Å²) < 4.78 is 147. The Morgan fingerprint density at radius 2 is 1.52 bits per heavy atom. The van der Waals surface area contributed by atoms with Crippen LogP contribution in [0.2, 0.25) is 10.0 Å². The molecule has 0 saturated carbocycles. The first-order valence-electron chi connectivity index (χ1n) is 10.5. The van der Waals surface area contributed by atoms with Crippen LogP contribution in [-0.4, -0.2) is 49.2 Å². The van der Waals surface area contributed by atoms with Crippen molar-refractivity contribution in [2.45, 2.75) is 24.4 Å². The molecule has 0 fully saturated rings. The zero-order valence-electron chi connectivity index (χ0n) is 19.6. The largest absolute Gasteiger partial charge is 0.417 e. The Labute approximate surface area is 228 Å². The van der Waals surface area contributed by atoms with Gasteiger partial charge in [-0.3, -0.25) is 4.79 Å². The van der Waals surface area contributed by atoms with Crippen LogP contribution in [0, 0.1) is 5.82 Å². The molecule has 4 nitrogen and oxygen atoms in total. The number of Topliss-reactive ketones (excluding diaryl/α,β-unsaturated/α-hetero) is 1. The molecule has 220 valence electrons. The number of benzene rings is 2. The highest BCUT2D eigenvalue weighted by atomic mass is 35.5. The van der Waals surface area contributed by atoms with E-state index in [1.807, 2.05) is 0 Å². The number of rotatable bonds is 7. The smallest absolute Gasteiger partial charge is 0.329 e. The summed E-state index contributed by atoms with van der Waals surface area (Å²) in [7, 11) is 0.818. The third-order valence-electron chi connectivity index (χ3n) is 5.10.